The van der Waals surface area contributed by atoms with Crippen LogP contribution in [0.4, 0.5) is 0 Å². The third kappa shape index (κ3) is 7.30. The van der Waals surface area contributed by atoms with Crippen molar-refractivity contribution < 1.29 is 14.6 Å². The van der Waals surface area contributed by atoms with Crippen LogP contribution in [0.15, 0.2) is 0 Å². The van der Waals surface area contributed by atoms with Gasteiger partial charge in [0, 0.05) is 19.7 Å². The van der Waals surface area contributed by atoms with Crippen molar-refractivity contribution in [1.82, 2.24) is 5.32 Å². The number of nitrogens with one attached hydrogen (secondary N) is 1. The Bertz CT molecular complexity index is 182. The van der Waals surface area contributed by atoms with E-state index in [0.717, 1.165) is 0 Å². The smallest absolute Gasteiger partial charge is 0.222 e. The fraction of sp³-hybridized carbons (Fsp3) is 0.900. The summed E-state index contributed by atoms with van der Waals surface area (Å²) < 4.78 is 5.00. The van der Waals surface area contributed by atoms with Crippen molar-refractivity contribution >= 4 is 5.91 Å². The molecule has 90 valence electrons. The van der Waals surface area contributed by atoms with Crippen LogP contribution >= 0.6 is 0 Å². The normalized spacial score (nSPS) is 16.9. The molecule has 0 spiro atoms. The van der Waals surface area contributed by atoms with E-state index in [0.29, 0.717) is 13.0 Å². The molecule has 15 heavy (non-hydrogen) atoms. The van der Waals surface area contributed by atoms with Crippen molar-refractivity contribution in [2.45, 2.75) is 44.9 Å². The molecule has 5 nitrogen and oxygen atoms in total. The minimum Gasteiger partial charge on any atom is -0.393 e. The first-order valence-corrected chi connectivity index (χ1v) is 5.19. The van der Waals surface area contributed by atoms with Gasteiger partial charge in [-0.1, -0.05) is 0 Å². The van der Waals surface area contributed by atoms with Gasteiger partial charge in [0.05, 0.1) is 18.6 Å². The van der Waals surface area contributed by atoms with E-state index in [1.807, 2.05) is 6.92 Å². The van der Waals surface area contributed by atoms with Crippen molar-refractivity contribution in [2.75, 3.05) is 13.7 Å². The number of aliphatic hydroxyl groups excluding tert-OH is 1. The number of amides is 1. The third-order valence-electron chi connectivity index (χ3n) is 2.11. The lowest BCUT2D eigenvalue weighted by molar-refractivity contribution is -0.124. The first kappa shape index (κ1) is 14.3. The Morgan fingerprint density at radius 2 is 2.13 bits per heavy atom. The van der Waals surface area contributed by atoms with E-state index in [2.05, 4.69) is 5.32 Å². The quantitative estimate of drug-likeness (QED) is 0.544. The van der Waals surface area contributed by atoms with Gasteiger partial charge in [-0.15, -0.1) is 0 Å². The molecule has 3 unspecified atom stereocenters. The highest BCUT2D eigenvalue weighted by Crippen LogP contribution is 1.99. The van der Waals surface area contributed by atoms with Crippen LogP contribution < -0.4 is 11.1 Å². The zero-order valence-electron chi connectivity index (χ0n) is 9.69. The van der Waals surface area contributed by atoms with E-state index in [1.165, 1.54) is 7.11 Å². The average Bonchev–Trinajstić information content (AvgIpc) is 2.12. The molecule has 0 saturated carbocycles. The number of methoxy groups -OCH3 is 1. The largest absolute Gasteiger partial charge is 0.393 e. The maximum absolute atomic E-state index is 11.4. The Morgan fingerprint density at radius 3 is 2.53 bits per heavy atom. The van der Waals surface area contributed by atoms with E-state index in [9.17, 15) is 4.79 Å². The molecule has 0 aliphatic heterocycles. The van der Waals surface area contributed by atoms with Crippen LogP contribution in [-0.4, -0.2) is 42.9 Å². The molecule has 0 heterocycles. The lowest BCUT2D eigenvalue weighted by Crippen LogP contribution is -2.38. The molecule has 0 fully saturated rings. The highest BCUT2D eigenvalue weighted by Gasteiger charge is 2.14. The molecule has 1 amide bonds. The zero-order valence-corrected chi connectivity index (χ0v) is 9.69. The number of carbonyl (C=O) groups excluding carboxylic acids is 1. The van der Waals surface area contributed by atoms with Crippen molar-refractivity contribution in [3.63, 3.8) is 0 Å². The summed E-state index contributed by atoms with van der Waals surface area (Å²) in [4.78, 5) is 11.4. The number of carbonyl (C=O) groups is 1. The van der Waals surface area contributed by atoms with E-state index < -0.39 is 6.10 Å². The van der Waals surface area contributed by atoms with Crippen LogP contribution in [0.5, 0.6) is 0 Å². The van der Waals surface area contributed by atoms with Crippen molar-refractivity contribution in [1.29, 1.82) is 0 Å². The van der Waals surface area contributed by atoms with Gasteiger partial charge in [-0.3, -0.25) is 4.79 Å². The first-order valence-electron chi connectivity index (χ1n) is 5.19. The van der Waals surface area contributed by atoms with Gasteiger partial charge in [-0.05, 0) is 20.3 Å². The minimum absolute atomic E-state index is 0.0345. The van der Waals surface area contributed by atoms with E-state index >= 15 is 0 Å². The Balaban J connectivity index is 3.81. The Morgan fingerprint density at radius 1 is 1.53 bits per heavy atom. The molecule has 5 heteroatoms. The highest BCUT2D eigenvalue weighted by atomic mass is 16.5. The maximum Gasteiger partial charge on any atom is 0.222 e. The summed E-state index contributed by atoms with van der Waals surface area (Å²) in [5.74, 6) is -0.0968. The van der Waals surface area contributed by atoms with Crippen LogP contribution in [0, 0.1) is 0 Å². The van der Waals surface area contributed by atoms with Gasteiger partial charge >= 0.3 is 0 Å². The van der Waals surface area contributed by atoms with Crippen LogP contribution in [0.3, 0.4) is 0 Å². The van der Waals surface area contributed by atoms with E-state index in [-0.39, 0.29) is 24.5 Å². The summed E-state index contributed by atoms with van der Waals surface area (Å²) in [7, 11) is 1.53. The topological polar surface area (TPSA) is 84.6 Å². The second-order valence-corrected chi connectivity index (χ2v) is 3.85. The number of rotatable bonds is 7. The number of hydrogen-bond donors (Lipinski definition) is 3. The van der Waals surface area contributed by atoms with Crippen LogP contribution in [0.25, 0.3) is 0 Å². The summed E-state index contributed by atoms with van der Waals surface area (Å²) in [5, 5.41) is 11.9. The standard InChI is InChI=1S/C10H22N2O3/c1-7(4-8(2)13)12-10(14)5-9(6-11)15-3/h7-9,13H,4-6,11H2,1-3H3,(H,12,14). The van der Waals surface area contributed by atoms with Gasteiger partial charge in [0.1, 0.15) is 0 Å². The fourth-order valence-corrected chi connectivity index (χ4v) is 1.37. The maximum atomic E-state index is 11.4. The molecule has 3 atom stereocenters. The zero-order chi connectivity index (χ0) is 11.8. The molecular formula is C10H22N2O3. The lowest BCUT2D eigenvalue weighted by Gasteiger charge is -2.17. The number of nitrogens with two attached hydrogens (primary N) is 1. The molecule has 4 N–H and O–H groups in total. The number of hydrogen-bond acceptors (Lipinski definition) is 4. The molecule has 0 aromatic carbocycles. The second kappa shape index (κ2) is 7.62. The molecular weight excluding hydrogens is 196 g/mol. The monoisotopic (exact) mass is 218 g/mol. The fourth-order valence-electron chi connectivity index (χ4n) is 1.37. The van der Waals surface area contributed by atoms with Gasteiger partial charge in [0.2, 0.25) is 5.91 Å². The van der Waals surface area contributed by atoms with Crippen LogP contribution in [0.1, 0.15) is 26.7 Å². The van der Waals surface area contributed by atoms with Crippen molar-refractivity contribution in [3.8, 4) is 0 Å². The second-order valence-electron chi connectivity index (χ2n) is 3.85. The SMILES string of the molecule is COC(CN)CC(=O)NC(C)CC(C)O. The van der Waals surface area contributed by atoms with Gasteiger partial charge in [-0.2, -0.15) is 0 Å². The average molecular weight is 218 g/mol. The molecule has 0 rings (SSSR count). The molecule has 0 aliphatic rings. The molecule has 0 aromatic heterocycles. The first-order chi connectivity index (χ1) is 6.99. The Kier molecular flexibility index (Phi) is 7.29. The predicted octanol–water partition coefficient (Wildman–Crippen LogP) is -0.374. The third-order valence-corrected chi connectivity index (χ3v) is 2.11. The Hall–Kier alpha value is -0.650. The molecule has 0 radical (unpaired) electrons. The van der Waals surface area contributed by atoms with Crippen LogP contribution in [0.2, 0.25) is 0 Å². The summed E-state index contributed by atoms with van der Waals surface area (Å²) >= 11 is 0. The van der Waals surface area contributed by atoms with Crippen molar-refractivity contribution in [3.05, 3.63) is 0 Å². The molecule has 0 aromatic rings. The Labute approximate surface area is 91.0 Å². The predicted molar refractivity (Wildman–Crippen MR) is 58.4 cm³/mol. The van der Waals surface area contributed by atoms with Crippen molar-refractivity contribution in [2.24, 2.45) is 5.73 Å². The van der Waals surface area contributed by atoms with E-state index in [1.54, 1.807) is 6.92 Å². The summed E-state index contributed by atoms with van der Waals surface area (Å²) in [6.45, 7) is 3.88. The lowest BCUT2D eigenvalue weighted by atomic mass is 10.1. The summed E-state index contributed by atoms with van der Waals surface area (Å²) in [6.07, 6.45) is 0.167. The summed E-state index contributed by atoms with van der Waals surface area (Å²) in [6, 6.07) is -0.0345. The molecule has 0 saturated heterocycles. The van der Waals surface area contributed by atoms with Gasteiger partial charge in [0.15, 0.2) is 0 Å². The van der Waals surface area contributed by atoms with Crippen LogP contribution in [-0.2, 0) is 9.53 Å². The number of aliphatic hydroxyl groups is 1. The summed E-state index contributed by atoms with van der Waals surface area (Å²) in [5.41, 5.74) is 5.40. The minimum atomic E-state index is -0.409. The number of ether oxygens (including phenoxy) is 1. The highest BCUT2D eigenvalue weighted by molar-refractivity contribution is 5.76. The van der Waals surface area contributed by atoms with Gasteiger partial charge < -0.3 is 20.9 Å². The van der Waals surface area contributed by atoms with Gasteiger partial charge in [0.25, 0.3) is 0 Å². The van der Waals surface area contributed by atoms with E-state index in [4.69, 9.17) is 15.6 Å². The molecule has 0 aliphatic carbocycles. The molecule has 0 bridgehead atoms. The van der Waals surface area contributed by atoms with Gasteiger partial charge in [-0.25, -0.2) is 0 Å².